The van der Waals surface area contributed by atoms with Crippen molar-refractivity contribution in [1.29, 1.82) is 0 Å². The van der Waals surface area contributed by atoms with Crippen molar-refractivity contribution in [3.63, 3.8) is 0 Å². The van der Waals surface area contributed by atoms with E-state index in [9.17, 15) is 5.11 Å². The topological polar surface area (TPSA) is 20.2 Å². The minimum absolute atomic E-state index is 0.127. The van der Waals surface area contributed by atoms with Crippen molar-refractivity contribution in [2.45, 2.75) is 53.1 Å². The van der Waals surface area contributed by atoms with Gasteiger partial charge in [-0.25, -0.2) is 0 Å². The molecule has 22 heavy (non-hydrogen) atoms. The van der Waals surface area contributed by atoms with Crippen LogP contribution in [0.15, 0.2) is 70.5 Å². The zero-order valence-electron chi connectivity index (χ0n) is 13.0. The smallest absolute Gasteiger partial charge is 0.0855 e. The predicted octanol–water partition coefficient (Wildman–Crippen LogP) is 5.84. The molecule has 1 nitrogen and oxygen atoms in total. The van der Waals surface area contributed by atoms with E-state index in [2.05, 4.69) is 55.5 Å². The van der Waals surface area contributed by atoms with Crippen molar-refractivity contribution in [3.8, 4) is 0 Å². The fourth-order valence-corrected chi connectivity index (χ4v) is 4.80. The largest absolute Gasteiger partial charge is 0.391 e. The van der Waals surface area contributed by atoms with Crippen LogP contribution in [0.25, 0.3) is 0 Å². The minimum atomic E-state index is -0.290. The quantitative estimate of drug-likeness (QED) is 0.354. The lowest BCUT2D eigenvalue weighted by molar-refractivity contribution is 0.177. The normalized spacial score (nSPS) is 12.5. The van der Waals surface area contributed by atoms with E-state index in [0.29, 0.717) is 0 Å². The average molecular weight is 333 g/mol. The van der Waals surface area contributed by atoms with Gasteiger partial charge in [-0.1, -0.05) is 62.6 Å². The first kappa shape index (κ1) is 17.5. The van der Waals surface area contributed by atoms with Gasteiger partial charge >= 0.3 is 0 Å². The number of thioether (sulfide) groups is 2. The molecule has 0 aliphatic carbocycles. The lowest BCUT2D eigenvalue weighted by atomic mass is 10.1. The van der Waals surface area contributed by atoms with Gasteiger partial charge in [0, 0.05) is 9.79 Å². The van der Waals surface area contributed by atoms with E-state index in [1.54, 1.807) is 23.5 Å². The van der Waals surface area contributed by atoms with Crippen LogP contribution in [0.5, 0.6) is 0 Å². The Morgan fingerprint density at radius 1 is 0.818 bits per heavy atom. The summed E-state index contributed by atoms with van der Waals surface area (Å²) in [5.74, 6) is 0. The molecular weight excluding hydrogens is 308 g/mol. The molecule has 2 aromatic rings. The van der Waals surface area contributed by atoms with Crippen LogP contribution < -0.4 is 0 Å². The van der Waals surface area contributed by atoms with Gasteiger partial charge in [0.2, 0.25) is 0 Å². The molecular formula is C19H24OS2. The van der Waals surface area contributed by atoms with Gasteiger partial charge in [-0.05, 0) is 30.7 Å². The fraction of sp³-hybridized carbons (Fsp3) is 0.368. The van der Waals surface area contributed by atoms with E-state index in [0.717, 1.165) is 12.8 Å². The summed E-state index contributed by atoms with van der Waals surface area (Å²) in [6.07, 6.45) is 4.06. The van der Waals surface area contributed by atoms with Gasteiger partial charge in [-0.3, -0.25) is 0 Å². The second-order valence-electron chi connectivity index (χ2n) is 5.29. The van der Waals surface area contributed by atoms with Gasteiger partial charge in [0.25, 0.3) is 0 Å². The zero-order chi connectivity index (χ0) is 15.6. The summed E-state index contributed by atoms with van der Waals surface area (Å²) in [6.45, 7) is 2.20. The molecule has 1 atom stereocenters. The summed E-state index contributed by atoms with van der Waals surface area (Å²) in [5.41, 5.74) is 0. The lowest BCUT2D eigenvalue weighted by Gasteiger charge is -2.22. The van der Waals surface area contributed by atoms with Crippen LogP contribution in [0.1, 0.15) is 32.6 Å². The summed E-state index contributed by atoms with van der Waals surface area (Å²) in [4.78, 5) is 2.43. The molecule has 0 radical (unpaired) electrons. The molecule has 0 bridgehead atoms. The van der Waals surface area contributed by atoms with Crippen molar-refractivity contribution in [2.24, 2.45) is 0 Å². The predicted molar refractivity (Wildman–Crippen MR) is 98.5 cm³/mol. The molecule has 0 saturated carbocycles. The van der Waals surface area contributed by atoms with Crippen LogP contribution in [0.3, 0.4) is 0 Å². The number of aliphatic hydroxyl groups excluding tert-OH is 1. The van der Waals surface area contributed by atoms with E-state index >= 15 is 0 Å². The Hall–Kier alpha value is -0.900. The maximum atomic E-state index is 10.6. The third kappa shape index (κ3) is 6.07. The number of rotatable bonds is 9. The molecule has 0 spiro atoms. The number of hydrogen-bond acceptors (Lipinski definition) is 3. The van der Waals surface area contributed by atoms with E-state index in [1.165, 1.54) is 22.6 Å². The highest BCUT2D eigenvalue weighted by molar-refractivity contribution is 8.17. The van der Waals surface area contributed by atoms with Crippen LogP contribution in [0, 0.1) is 0 Å². The Bertz CT molecular complexity index is 474. The Balaban J connectivity index is 2.02. The van der Waals surface area contributed by atoms with Crippen LogP contribution in [-0.2, 0) is 0 Å². The first-order chi connectivity index (χ1) is 10.8. The molecule has 0 heterocycles. The van der Waals surface area contributed by atoms with Gasteiger partial charge in [-0.15, -0.1) is 23.5 Å². The van der Waals surface area contributed by atoms with Gasteiger partial charge in [0.1, 0.15) is 0 Å². The molecule has 0 aromatic heterocycles. The van der Waals surface area contributed by atoms with Crippen LogP contribution in [0.2, 0.25) is 0 Å². The maximum absolute atomic E-state index is 10.6. The standard InChI is InChI=1S/C19H24OS2/c1-2-3-6-15-18(20)19(21-16-11-7-4-8-12-16)22-17-13-9-5-10-14-17/h4-5,7-14,18-20H,2-3,6,15H2,1H3. The third-order valence-electron chi connectivity index (χ3n) is 3.41. The van der Waals surface area contributed by atoms with Crippen LogP contribution in [0.4, 0.5) is 0 Å². The van der Waals surface area contributed by atoms with Crippen molar-refractivity contribution < 1.29 is 5.11 Å². The Labute approximate surface area is 142 Å². The highest BCUT2D eigenvalue weighted by Gasteiger charge is 2.21. The van der Waals surface area contributed by atoms with E-state index in [4.69, 9.17) is 0 Å². The fourth-order valence-electron chi connectivity index (χ4n) is 2.19. The number of hydrogen-bond donors (Lipinski definition) is 1. The molecule has 2 rings (SSSR count). The highest BCUT2D eigenvalue weighted by atomic mass is 32.2. The summed E-state index contributed by atoms with van der Waals surface area (Å²) in [7, 11) is 0. The maximum Gasteiger partial charge on any atom is 0.0855 e. The Morgan fingerprint density at radius 2 is 1.32 bits per heavy atom. The Morgan fingerprint density at radius 3 is 1.77 bits per heavy atom. The highest BCUT2D eigenvalue weighted by Crippen LogP contribution is 2.38. The van der Waals surface area contributed by atoms with Gasteiger partial charge in [-0.2, -0.15) is 0 Å². The van der Waals surface area contributed by atoms with E-state index in [-0.39, 0.29) is 10.7 Å². The van der Waals surface area contributed by atoms with E-state index < -0.39 is 0 Å². The van der Waals surface area contributed by atoms with Crippen LogP contribution >= 0.6 is 23.5 Å². The van der Waals surface area contributed by atoms with E-state index in [1.807, 2.05) is 12.1 Å². The molecule has 1 N–H and O–H groups in total. The summed E-state index contributed by atoms with van der Waals surface area (Å²) in [5, 5.41) is 10.6. The first-order valence-corrected chi connectivity index (χ1v) is 9.67. The zero-order valence-corrected chi connectivity index (χ0v) is 14.7. The Kier molecular flexibility index (Phi) is 7.92. The third-order valence-corrected chi connectivity index (χ3v) is 6.17. The SMILES string of the molecule is CCCCCC(O)C(Sc1ccccc1)Sc1ccccc1. The second-order valence-corrected chi connectivity index (χ2v) is 8.02. The molecule has 0 fully saturated rings. The number of benzene rings is 2. The van der Waals surface area contributed by atoms with Crippen molar-refractivity contribution in [2.75, 3.05) is 0 Å². The molecule has 118 valence electrons. The van der Waals surface area contributed by atoms with Gasteiger partial charge in [0.05, 0.1) is 10.7 Å². The molecule has 0 amide bonds. The number of unbranched alkanes of at least 4 members (excludes halogenated alkanes) is 2. The van der Waals surface area contributed by atoms with Crippen molar-refractivity contribution in [3.05, 3.63) is 60.7 Å². The molecule has 0 saturated heterocycles. The van der Waals surface area contributed by atoms with Gasteiger partial charge < -0.3 is 5.11 Å². The molecule has 3 heteroatoms. The molecule has 1 unspecified atom stereocenters. The number of aliphatic hydroxyl groups is 1. The summed E-state index contributed by atoms with van der Waals surface area (Å²) in [6, 6.07) is 20.7. The second kappa shape index (κ2) is 9.98. The summed E-state index contributed by atoms with van der Waals surface area (Å²) >= 11 is 3.53. The van der Waals surface area contributed by atoms with Crippen molar-refractivity contribution in [1.82, 2.24) is 0 Å². The molecule has 0 aliphatic rings. The lowest BCUT2D eigenvalue weighted by Crippen LogP contribution is -2.19. The molecule has 0 aliphatic heterocycles. The first-order valence-electron chi connectivity index (χ1n) is 7.91. The van der Waals surface area contributed by atoms with Gasteiger partial charge in [0.15, 0.2) is 0 Å². The minimum Gasteiger partial charge on any atom is -0.391 e. The average Bonchev–Trinajstić information content (AvgIpc) is 2.56. The monoisotopic (exact) mass is 332 g/mol. The summed E-state index contributed by atoms with van der Waals surface area (Å²) < 4.78 is 0.127. The van der Waals surface area contributed by atoms with Crippen molar-refractivity contribution >= 4 is 23.5 Å². The van der Waals surface area contributed by atoms with Crippen LogP contribution in [-0.4, -0.2) is 15.8 Å². The molecule has 2 aromatic carbocycles.